The van der Waals surface area contributed by atoms with Gasteiger partial charge in [-0.25, -0.2) is 0 Å². The van der Waals surface area contributed by atoms with Crippen LogP contribution in [0.3, 0.4) is 0 Å². The standard InChI is InChI=1S/C12H14/c1-2-11-9-6-7-12(11,8-9)10-4-3-5-10/h3-4,9-11H,2,5,8H2,1H3/t9?,10?,11-,12?/m1/s1. The third-order valence-electron chi connectivity index (χ3n) is 4.06. The van der Waals surface area contributed by atoms with Crippen LogP contribution in [-0.2, 0) is 0 Å². The van der Waals surface area contributed by atoms with E-state index in [1.165, 1.54) is 19.3 Å². The van der Waals surface area contributed by atoms with Gasteiger partial charge in [-0.05, 0) is 24.7 Å². The molecule has 0 saturated heterocycles. The van der Waals surface area contributed by atoms with Gasteiger partial charge >= 0.3 is 0 Å². The van der Waals surface area contributed by atoms with Crippen LogP contribution in [0.5, 0.6) is 0 Å². The molecule has 2 bridgehead atoms. The fourth-order valence-corrected chi connectivity index (χ4v) is 3.20. The van der Waals surface area contributed by atoms with E-state index in [0.29, 0.717) is 5.41 Å². The number of rotatable bonds is 2. The van der Waals surface area contributed by atoms with Crippen LogP contribution >= 0.6 is 0 Å². The van der Waals surface area contributed by atoms with E-state index in [0.717, 1.165) is 17.8 Å². The summed E-state index contributed by atoms with van der Waals surface area (Å²) < 4.78 is 0. The molecule has 4 aliphatic rings. The summed E-state index contributed by atoms with van der Waals surface area (Å²) in [6, 6.07) is 0. The molecule has 3 unspecified atom stereocenters. The van der Waals surface area contributed by atoms with E-state index in [1.807, 2.05) is 0 Å². The van der Waals surface area contributed by atoms with Crippen molar-refractivity contribution in [3.63, 3.8) is 0 Å². The zero-order valence-electron chi connectivity index (χ0n) is 7.51. The Balaban J connectivity index is 1.91. The smallest absolute Gasteiger partial charge is 0.0431 e. The Morgan fingerprint density at radius 2 is 2.42 bits per heavy atom. The second-order valence-electron chi connectivity index (χ2n) is 4.41. The zero-order valence-corrected chi connectivity index (χ0v) is 7.51. The molecule has 0 spiro atoms. The van der Waals surface area contributed by atoms with Crippen molar-refractivity contribution < 1.29 is 0 Å². The van der Waals surface area contributed by atoms with E-state index >= 15 is 0 Å². The first kappa shape index (κ1) is 6.78. The molecule has 0 N–H and O–H groups in total. The summed E-state index contributed by atoms with van der Waals surface area (Å²) in [5, 5.41) is 0. The van der Waals surface area contributed by atoms with Crippen molar-refractivity contribution in [3.8, 4) is 11.8 Å². The summed E-state index contributed by atoms with van der Waals surface area (Å²) in [4.78, 5) is 0. The van der Waals surface area contributed by atoms with Gasteiger partial charge in [0, 0.05) is 11.3 Å². The van der Waals surface area contributed by atoms with Gasteiger partial charge in [0.05, 0.1) is 0 Å². The number of hydrogen-bond acceptors (Lipinski definition) is 0. The lowest BCUT2D eigenvalue weighted by molar-refractivity contribution is 0.0136. The van der Waals surface area contributed by atoms with Crippen LogP contribution in [0.15, 0.2) is 12.2 Å². The highest BCUT2D eigenvalue weighted by molar-refractivity contribution is 5.38. The molecule has 4 rings (SSSR count). The van der Waals surface area contributed by atoms with Crippen molar-refractivity contribution in [2.45, 2.75) is 26.2 Å². The molecule has 0 aromatic carbocycles. The first-order valence-electron chi connectivity index (χ1n) is 5.06. The Kier molecular flexibility index (Phi) is 1.11. The Bertz CT molecular complexity index is 302. The molecule has 0 aromatic rings. The van der Waals surface area contributed by atoms with Crippen LogP contribution in [0.1, 0.15) is 26.2 Å². The van der Waals surface area contributed by atoms with Crippen molar-refractivity contribution in [1.29, 1.82) is 0 Å². The Morgan fingerprint density at radius 3 is 2.92 bits per heavy atom. The molecule has 0 radical (unpaired) electrons. The summed E-state index contributed by atoms with van der Waals surface area (Å²) in [5.41, 5.74) is 0.453. The minimum absolute atomic E-state index is 0.453. The van der Waals surface area contributed by atoms with E-state index < -0.39 is 0 Å². The molecule has 1 saturated carbocycles. The van der Waals surface area contributed by atoms with Gasteiger partial charge in [-0.1, -0.05) is 37.3 Å². The lowest BCUT2D eigenvalue weighted by atomic mass is 9.50. The number of hydrogen-bond donors (Lipinski definition) is 0. The molecule has 4 atom stereocenters. The fourth-order valence-electron chi connectivity index (χ4n) is 3.20. The molecule has 0 aromatic heterocycles. The summed E-state index contributed by atoms with van der Waals surface area (Å²) in [5.74, 6) is 9.37. The molecule has 62 valence electrons. The van der Waals surface area contributed by atoms with E-state index in [2.05, 4.69) is 30.9 Å². The molecule has 0 aliphatic heterocycles. The van der Waals surface area contributed by atoms with Crippen molar-refractivity contribution in [3.05, 3.63) is 12.2 Å². The van der Waals surface area contributed by atoms with Gasteiger partial charge in [0.25, 0.3) is 0 Å². The van der Waals surface area contributed by atoms with Crippen molar-refractivity contribution >= 4 is 0 Å². The van der Waals surface area contributed by atoms with E-state index in [1.54, 1.807) is 0 Å². The predicted molar refractivity (Wildman–Crippen MR) is 49.3 cm³/mol. The maximum atomic E-state index is 3.51. The normalized spacial score (nSPS) is 52.2. The van der Waals surface area contributed by atoms with E-state index in [4.69, 9.17) is 0 Å². The second kappa shape index (κ2) is 1.96. The largest absolute Gasteiger partial charge is 0.0989 e. The van der Waals surface area contributed by atoms with Crippen molar-refractivity contribution in [2.75, 3.05) is 0 Å². The third-order valence-corrected chi connectivity index (χ3v) is 4.06. The third kappa shape index (κ3) is 0.545. The highest BCUT2D eigenvalue weighted by Crippen LogP contribution is 2.62. The topological polar surface area (TPSA) is 0 Å². The maximum absolute atomic E-state index is 3.51. The van der Waals surface area contributed by atoms with Gasteiger partial charge in [-0.2, -0.15) is 0 Å². The summed E-state index contributed by atoms with van der Waals surface area (Å²) in [6.07, 6.45) is 8.62. The molecule has 0 nitrogen and oxygen atoms in total. The van der Waals surface area contributed by atoms with Crippen LogP contribution in [0.4, 0.5) is 0 Å². The van der Waals surface area contributed by atoms with Crippen LogP contribution in [0.2, 0.25) is 0 Å². The van der Waals surface area contributed by atoms with Crippen molar-refractivity contribution in [1.82, 2.24) is 0 Å². The molecule has 4 aliphatic carbocycles. The molecular weight excluding hydrogens is 144 g/mol. The molecule has 1 fully saturated rings. The minimum Gasteiger partial charge on any atom is -0.0989 e. The van der Waals surface area contributed by atoms with Crippen LogP contribution in [0.25, 0.3) is 0 Å². The van der Waals surface area contributed by atoms with Gasteiger partial charge in [-0.15, -0.1) is 0 Å². The van der Waals surface area contributed by atoms with Crippen LogP contribution in [0, 0.1) is 35.0 Å². The molecular formula is C12H14. The highest BCUT2D eigenvalue weighted by atomic mass is 14.6. The second-order valence-corrected chi connectivity index (χ2v) is 4.41. The average Bonchev–Trinajstić information content (AvgIpc) is 2.41. The first-order valence-corrected chi connectivity index (χ1v) is 5.06. The fraction of sp³-hybridized carbons (Fsp3) is 0.667. The number of allylic oxidation sites excluding steroid dienone is 2. The quantitative estimate of drug-likeness (QED) is 0.428. The maximum Gasteiger partial charge on any atom is 0.0431 e. The van der Waals surface area contributed by atoms with Gasteiger partial charge < -0.3 is 0 Å². The first-order chi connectivity index (χ1) is 5.87. The Morgan fingerprint density at radius 1 is 1.58 bits per heavy atom. The molecule has 0 amide bonds. The van der Waals surface area contributed by atoms with E-state index in [-0.39, 0.29) is 0 Å². The molecule has 0 heterocycles. The molecule has 12 heavy (non-hydrogen) atoms. The Hall–Kier alpha value is -0.700. The minimum atomic E-state index is 0.453. The van der Waals surface area contributed by atoms with Gasteiger partial charge in [0.15, 0.2) is 0 Å². The van der Waals surface area contributed by atoms with Gasteiger partial charge in [0.2, 0.25) is 0 Å². The van der Waals surface area contributed by atoms with Crippen LogP contribution < -0.4 is 0 Å². The zero-order chi connectivity index (χ0) is 8.18. The predicted octanol–water partition coefficient (Wildman–Crippen LogP) is 2.61. The summed E-state index contributed by atoms with van der Waals surface area (Å²) >= 11 is 0. The van der Waals surface area contributed by atoms with E-state index in [9.17, 15) is 0 Å². The van der Waals surface area contributed by atoms with Gasteiger partial charge in [0.1, 0.15) is 0 Å². The van der Waals surface area contributed by atoms with Crippen LogP contribution in [-0.4, -0.2) is 0 Å². The van der Waals surface area contributed by atoms with Crippen molar-refractivity contribution in [2.24, 2.45) is 23.2 Å². The lowest BCUT2D eigenvalue weighted by Gasteiger charge is -2.51. The monoisotopic (exact) mass is 158 g/mol. The molecule has 0 heteroatoms. The summed E-state index contributed by atoms with van der Waals surface area (Å²) in [7, 11) is 0. The SMILES string of the molecule is CC[C@@H]1C2C#CC1(C1C=CC1)C2. The lowest BCUT2D eigenvalue weighted by Crippen LogP contribution is -2.47. The average molecular weight is 158 g/mol. The Labute approximate surface area is 74.0 Å². The van der Waals surface area contributed by atoms with Gasteiger partial charge in [-0.3, -0.25) is 0 Å². The highest BCUT2D eigenvalue weighted by Gasteiger charge is 2.58. The summed E-state index contributed by atoms with van der Waals surface area (Å²) in [6.45, 7) is 2.31.